The first-order valence-electron chi connectivity index (χ1n) is 5.03. The highest BCUT2D eigenvalue weighted by atomic mass is 35.5. The van der Waals surface area contributed by atoms with E-state index in [1.807, 2.05) is 12.1 Å². The zero-order chi connectivity index (χ0) is 11.8. The molecule has 0 spiro atoms. The van der Waals surface area contributed by atoms with Crippen LogP contribution in [0.5, 0.6) is 0 Å². The highest BCUT2D eigenvalue weighted by Gasteiger charge is 2.09. The molecule has 1 heterocycles. The maximum absolute atomic E-state index is 13.7. The van der Waals surface area contributed by atoms with E-state index in [0.29, 0.717) is 10.6 Å². The monoisotopic (exact) mass is 263 g/mol. The van der Waals surface area contributed by atoms with Gasteiger partial charge in [0.15, 0.2) is 0 Å². The number of benzene rings is 2. The predicted molar refractivity (Wildman–Crippen MR) is 70.0 cm³/mol. The quantitative estimate of drug-likeness (QED) is 0.617. The molecule has 4 heteroatoms. The molecule has 0 amide bonds. The van der Waals surface area contributed by atoms with Crippen molar-refractivity contribution in [2.75, 3.05) is 0 Å². The summed E-state index contributed by atoms with van der Waals surface area (Å²) in [6.07, 6.45) is 0. The fourth-order valence-electron chi connectivity index (χ4n) is 1.78. The van der Waals surface area contributed by atoms with Crippen molar-refractivity contribution in [3.8, 4) is 11.1 Å². The van der Waals surface area contributed by atoms with Crippen molar-refractivity contribution in [3.63, 3.8) is 0 Å². The summed E-state index contributed by atoms with van der Waals surface area (Å²) in [7, 11) is 0. The van der Waals surface area contributed by atoms with Gasteiger partial charge in [0.05, 0.1) is 20.7 Å². The molecule has 0 atom stereocenters. The number of hydrogen-bond acceptors (Lipinski definition) is 2. The van der Waals surface area contributed by atoms with Gasteiger partial charge < -0.3 is 0 Å². The first-order chi connectivity index (χ1) is 8.25. The lowest BCUT2D eigenvalue weighted by molar-refractivity contribution is 0.631. The smallest absolute Gasteiger partial charge is 0.131 e. The van der Waals surface area contributed by atoms with Crippen LogP contribution in [0.1, 0.15) is 0 Å². The molecular weight excluding hydrogens is 257 g/mol. The molecule has 3 rings (SSSR count). The van der Waals surface area contributed by atoms with Gasteiger partial charge in [-0.25, -0.2) is 9.37 Å². The van der Waals surface area contributed by atoms with Crippen LogP contribution in [0.3, 0.4) is 0 Å². The molecule has 1 aromatic heterocycles. The minimum atomic E-state index is -0.243. The Morgan fingerprint density at radius 2 is 2.00 bits per heavy atom. The van der Waals surface area contributed by atoms with E-state index in [9.17, 15) is 4.39 Å². The van der Waals surface area contributed by atoms with Crippen LogP contribution < -0.4 is 0 Å². The van der Waals surface area contributed by atoms with Gasteiger partial charge >= 0.3 is 0 Å². The minimum Gasteiger partial charge on any atom is -0.243 e. The summed E-state index contributed by atoms with van der Waals surface area (Å²) in [6.45, 7) is 0. The average molecular weight is 264 g/mol. The van der Waals surface area contributed by atoms with E-state index in [1.54, 1.807) is 23.7 Å². The molecule has 17 heavy (non-hydrogen) atoms. The fourth-order valence-corrected chi connectivity index (χ4v) is 2.84. The van der Waals surface area contributed by atoms with Gasteiger partial charge in [-0.15, -0.1) is 11.3 Å². The molecule has 1 nitrogen and oxygen atoms in total. The molecule has 0 N–H and O–H groups in total. The van der Waals surface area contributed by atoms with Crippen molar-refractivity contribution in [1.82, 2.24) is 4.98 Å². The molecule has 84 valence electrons. The van der Waals surface area contributed by atoms with E-state index in [4.69, 9.17) is 11.6 Å². The Hall–Kier alpha value is -1.45. The summed E-state index contributed by atoms with van der Waals surface area (Å²) in [5, 5.41) is 0.557. The number of fused-ring (bicyclic) bond motifs is 1. The highest BCUT2D eigenvalue weighted by Crippen LogP contribution is 2.32. The lowest BCUT2D eigenvalue weighted by atomic mass is 10.1. The summed E-state index contributed by atoms with van der Waals surface area (Å²) < 4.78 is 14.6. The van der Waals surface area contributed by atoms with Gasteiger partial charge in [0, 0.05) is 5.56 Å². The summed E-state index contributed by atoms with van der Waals surface area (Å²) in [5.74, 6) is -0.243. The number of nitrogens with zero attached hydrogens (tertiary/aromatic N) is 1. The molecule has 0 saturated heterocycles. The molecule has 0 saturated carbocycles. The zero-order valence-electron chi connectivity index (χ0n) is 8.65. The standard InChI is InChI=1S/C13H7ClFNS/c14-10-5-8(6-12-13(10)16-7-17-12)9-3-1-2-4-11(9)15/h1-7H. The molecule has 0 unspecified atom stereocenters. The van der Waals surface area contributed by atoms with E-state index < -0.39 is 0 Å². The Morgan fingerprint density at radius 1 is 1.18 bits per heavy atom. The van der Waals surface area contributed by atoms with Crippen LogP contribution >= 0.6 is 22.9 Å². The summed E-state index contributed by atoms with van der Waals surface area (Å²) in [5.41, 5.74) is 3.85. The third-order valence-electron chi connectivity index (χ3n) is 2.57. The van der Waals surface area contributed by atoms with Crippen molar-refractivity contribution < 1.29 is 4.39 Å². The van der Waals surface area contributed by atoms with Crippen molar-refractivity contribution in [1.29, 1.82) is 0 Å². The summed E-state index contributed by atoms with van der Waals surface area (Å²) >= 11 is 7.63. The second-order valence-electron chi connectivity index (χ2n) is 3.64. The molecule has 0 aliphatic rings. The van der Waals surface area contributed by atoms with Gasteiger partial charge in [-0.2, -0.15) is 0 Å². The van der Waals surface area contributed by atoms with Gasteiger partial charge in [0.25, 0.3) is 0 Å². The van der Waals surface area contributed by atoms with Gasteiger partial charge in [-0.1, -0.05) is 29.8 Å². The van der Waals surface area contributed by atoms with Gasteiger partial charge in [0.2, 0.25) is 0 Å². The molecular formula is C13H7ClFNS. The van der Waals surface area contributed by atoms with Crippen LogP contribution in [-0.2, 0) is 0 Å². The maximum atomic E-state index is 13.7. The van der Waals surface area contributed by atoms with Crippen molar-refractivity contribution in [2.24, 2.45) is 0 Å². The second-order valence-corrected chi connectivity index (χ2v) is 4.93. The summed E-state index contributed by atoms with van der Waals surface area (Å²) in [6, 6.07) is 10.3. The molecule has 0 fully saturated rings. The SMILES string of the molecule is Fc1ccccc1-c1cc(Cl)c2ncsc2c1. The number of aromatic nitrogens is 1. The third kappa shape index (κ3) is 1.81. The van der Waals surface area contributed by atoms with Crippen LogP contribution in [0, 0.1) is 5.82 Å². The Labute approximate surface area is 106 Å². The molecule has 2 aromatic carbocycles. The largest absolute Gasteiger partial charge is 0.243 e. The van der Waals surface area contributed by atoms with Crippen LogP contribution in [0.2, 0.25) is 5.02 Å². The maximum Gasteiger partial charge on any atom is 0.131 e. The van der Waals surface area contributed by atoms with Crippen LogP contribution in [0.4, 0.5) is 4.39 Å². The van der Waals surface area contributed by atoms with E-state index in [2.05, 4.69) is 4.98 Å². The Balaban J connectivity index is 2.28. The second kappa shape index (κ2) is 4.09. The molecule has 0 bridgehead atoms. The van der Waals surface area contributed by atoms with Gasteiger partial charge in [-0.3, -0.25) is 0 Å². The average Bonchev–Trinajstić information content (AvgIpc) is 2.78. The van der Waals surface area contributed by atoms with Gasteiger partial charge in [-0.05, 0) is 23.8 Å². The fraction of sp³-hybridized carbons (Fsp3) is 0. The summed E-state index contributed by atoms with van der Waals surface area (Å²) in [4.78, 5) is 4.17. The Kier molecular flexibility index (Phi) is 2.57. The first kappa shape index (κ1) is 10.7. The minimum absolute atomic E-state index is 0.243. The van der Waals surface area contributed by atoms with Crippen LogP contribution in [0.25, 0.3) is 21.3 Å². The van der Waals surface area contributed by atoms with E-state index in [0.717, 1.165) is 15.8 Å². The number of thiazole rings is 1. The lowest BCUT2D eigenvalue weighted by Gasteiger charge is -2.04. The number of rotatable bonds is 1. The van der Waals surface area contributed by atoms with Crippen LogP contribution in [0.15, 0.2) is 41.9 Å². The third-order valence-corrected chi connectivity index (χ3v) is 3.64. The van der Waals surface area contributed by atoms with Crippen molar-refractivity contribution >= 4 is 33.2 Å². The Bertz CT molecular complexity index is 693. The van der Waals surface area contributed by atoms with Crippen molar-refractivity contribution in [2.45, 2.75) is 0 Å². The Morgan fingerprint density at radius 3 is 2.82 bits per heavy atom. The zero-order valence-corrected chi connectivity index (χ0v) is 10.2. The van der Waals surface area contributed by atoms with Crippen molar-refractivity contribution in [3.05, 3.63) is 52.7 Å². The topological polar surface area (TPSA) is 12.9 Å². The first-order valence-corrected chi connectivity index (χ1v) is 6.29. The highest BCUT2D eigenvalue weighted by molar-refractivity contribution is 7.16. The molecule has 0 radical (unpaired) electrons. The normalized spacial score (nSPS) is 10.9. The number of halogens is 2. The van der Waals surface area contributed by atoms with E-state index in [1.165, 1.54) is 17.4 Å². The van der Waals surface area contributed by atoms with Crippen LogP contribution in [-0.4, -0.2) is 4.98 Å². The molecule has 3 aromatic rings. The van der Waals surface area contributed by atoms with E-state index in [-0.39, 0.29) is 5.82 Å². The molecule has 0 aliphatic heterocycles. The number of hydrogen-bond donors (Lipinski definition) is 0. The molecule has 0 aliphatic carbocycles. The van der Waals surface area contributed by atoms with E-state index >= 15 is 0 Å². The lowest BCUT2D eigenvalue weighted by Crippen LogP contribution is -1.83. The predicted octanol–water partition coefficient (Wildman–Crippen LogP) is 4.76. The van der Waals surface area contributed by atoms with Gasteiger partial charge in [0.1, 0.15) is 5.82 Å².